The van der Waals surface area contributed by atoms with Crippen LogP contribution in [0.25, 0.3) is 0 Å². The van der Waals surface area contributed by atoms with Gasteiger partial charge in [0.2, 0.25) is 0 Å². The Morgan fingerprint density at radius 3 is 2.71 bits per heavy atom. The second-order valence-electron chi connectivity index (χ2n) is 4.22. The number of hydrogen-bond donors (Lipinski definition) is 0. The molecule has 1 aromatic rings. The maximum absolute atomic E-state index is 4.36. The van der Waals surface area contributed by atoms with E-state index in [2.05, 4.69) is 43.0 Å². The lowest BCUT2D eigenvalue weighted by molar-refractivity contribution is 0.349. The number of rotatable bonds is 5. The van der Waals surface area contributed by atoms with Gasteiger partial charge < -0.3 is 0 Å². The van der Waals surface area contributed by atoms with Crippen molar-refractivity contribution >= 4 is 11.8 Å². The topological polar surface area (TPSA) is 17.8 Å². The molecule has 1 aromatic heterocycles. The molecule has 2 nitrogen and oxygen atoms in total. The standard InChI is InChI=1S/C11H20N2S/c1-9(2)10(3)6-13-7-11(5-12-13)8-14-4/h5,7,9-10H,6,8H2,1-4H3/t10-/m1/s1. The van der Waals surface area contributed by atoms with Gasteiger partial charge in [0.15, 0.2) is 0 Å². The van der Waals surface area contributed by atoms with E-state index in [0.717, 1.165) is 18.2 Å². The molecule has 1 atom stereocenters. The predicted octanol–water partition coefficient (Wildman–Crippen LogP) is 3.04. The molecule has 1 rings (SSSR count). The van der Waals surface area contributed by atoms with E-state index in [-0.39, 0.29) is 0 Å². The number of aromatic nitrogens is 2. The van der Waals surface area contributed by atoms with Gasteiger partial charge in [-0.15, -0.1) is 0 Å². The van der Waals surface area contributed by atoms with Crippen LogP contribution in [0.4, 0.5) is 0 Å². The van der Waals surface area contributed by atoms with Crippen LogP contribution >= 0.6 is 11.8 Å². The molecular weight excluding hydrogens is 192 g/mol. The largest absolute Gasteiger partial charge is 0.272 e. The van der Waals surface area contributed by atoms with E-state index >= 15 is 0 Å². The first kappa shape index (κ1) is 11.6. The third kappa shape index (κ3) is 3.37. The lowest BCUT2D eigenvalue weighted by atomic mass is 9.98. The van der Waals surface area contributed by atoms with E-state index in [4.69, 9.17) is 0 Å². The number of nitrogens with zero attached hydrogens (tertiary/aromatic N) is 2. The van der Waals surface area contributed by atoms with Crippen molar-refractivity contribution in [1.29, 1.82) is 0 Å². The van der Waals surface area contributed by atoms with Crippen LogP contribution in [0.3, 0.4) is 0 Å². The van der Waals surface area contributed by atoms with Crippen LogP contribution in [0, 0.1) is 11.8 Å². The van der Waals surface area contributed by atoms with Crippen molar-refractivity contribution in [3.8, 4) is 0 Å². The van der Waals surface area contributed by atoms with E-state index in [0.29, 0.717) is 5.92 Å². The molecule has 0 aromatic carbocycles. The Kier molecular flexibility index (Phi) is 4.52. The molecule has 0 spiro atoms. The predicted molar refractivity (Wildman–Crippen MR) is 63.4 cm³/mol. The molecule has 14 heavy (non-hydrogen) atoms. The van der Waals surface area contributed by atoms with Gasteiger partial charge in [-0.05, 0) is 23.7 Å². The lowest BCUT2D eigenvalue weighted by Crippen LogP contribution is -2.13. The highest BCUT2D eigenvalue weighted by Gasteiger charge is 2.08. The van der Waals surface area contributed by atoms with Crippen molar-refractivity contribution in [2.45, 2.75) is 33.1 Å². The highest BCUT2D eigenvalue weighted by Crippen LogP contribution is 2.13. The van der Waals surface area contributed by atoms with Crippen LogP contribution in [-0.4, -0.2) is 16.0 Å². The molecule has 0 saturated carbocycles. The van der Waals surface area contributed by atoms with Gasteiger partial charge in [-0.3, -0.25) is 4.68 Å². The van der Waals surface area contributed by atoms with E-state index in [1.165, 1.54) is 5.56 Å². The monoisotopic (exact) mass is 212 g/mol. The Bertz CT molecular complexity index is 268. The molecule has 0 amide bonds. The van der Waals surface area contributed by atoms with Crippen LogP contribution in [0.1, 0.15) is 26.3 Å². The zero-order valence-electron chi connectivity index (χ0n) is 9.53. The third-order valence-electron chi connectivity index (χ3n) is 2.61. The van der Waals surface area contributed by atoms with Crippen molar-refractivity contribution < 1.29 is 0 Å². The quantitative estimate of drug-likeness (QED) is 0.746. The zero-order chi connectivity index (χ0) is 10.6. The molecule has 0 saturated heterocycles. The summed E-state index contributed by atoms with van der Waals surface area (Å²) in [5.41, 5.74) is 1.33. The highest BCUT2D eigenvalue weighted by molar-refractivity contribution is 7.97. The van der Waals surface area contributed by atoms with Crippen molar-refractivity contribution in [3.05, 3.63) is 18.0 Å². The Morgan fingerprint density at radius 1 is 1.43 bits per heavy atom. The second-order valence-corrected chi connectivity index (χ2v) is 5.09. The van der Waals surface area contributed by atoms with Crippen LogP contribution in [0.15, 0.2) is 12.4 Å². The molecule has 0 bridgehead atoms. The SMILES string of the molecule is CSCc1cnn(C[C@@H](C)C(C)C)c1. The van der Waals surface area contributed by atoms with E-state index < -0.39 is 0 Å². The molecule has 0 aliphatic carbocycles. The summed E-state index contributed by atoms with van der Waals surface area (Å²) in [6.45, 7) is 7.83. The molecule has 0 radical (unpaired) electrons. The fourth-order valence-corrected chi connectivity index (χ4v) is 1.74. The summed E-state index contributed by atoms with van der Waals surface area (Å²) in [4.78, 5) is 0. The maximum Gasteiger partial charge on any atom is 0.0530 e. The molecule has 0 aliphatic heterocycles. The molecule has 80 valence electrons. The Labute approximate surface area is 91.1 Å². The van der Waals surface area contributed by atoms with Gasteiger partial charge in [-0.25, -0.2) is 0 Å². The summed E-state index contributed by atoms with van der Waals surface area (Å²) in [5.74, 6) is 2.48. The van der Waals surface area contributed by atoms with Crippen molar-refractivity contribution in [2.24, 2.45) is 11.8 Å². The minimum absolute atomic E-state index is 0.692. The average molecular weight is 212 g/mol. The smallest absolute Gasteiger partial charge is 0.0530 e. The van der Waals surface area contributed by atoms with Crippen LogP contribution in [0.2, 0.25) is 0 Å². The first-order chi connectivity index (χ1) is 6.63. The summed E-state index contributed by atoms with van der Waals surface area (Å²) in [6.07, 6.45) is 6.26. The van der Waals surface area contributed by atoms with E-state index in [1.54, 1.807) is 0 Å². The molecular formula is C11H20N2S. The molecule has 0 fully saturated rings. The summed E-state index contributed by atoms with van der Waals surface area (Å²) in [6, 6.07) is 0. The van der Waals surface area contributed by atoms with Crippen molar-refractivity contribution in [3.63, 3.8) is 0 Å². The average Bonchev–Trinajstić information content (AvgIpc) is 2.53. The van der Waals surface area contributed by atoms with E-state index in [1.807, 2.05) is 18.0 Å². The second kappa shape index (κ2) is 5.44. The van der Waals surface area contributed by atoms with Gasteiger partial charge in [0.05, 0.1) is 6.20 Å². The normalized spacial score (nSPS) is 13.5. The summed E-state index contributed by atoms with van der Waals surface area (Å²) < 4.78 is 2.07. The van der Waals surface area contributed by atoms with Gasteiger partial charge in [-0.1, -0.05) is 20.8 Å². The summed E-state index contributed by atoms with van der Waals surface area (Å²) in [5, 5.41) is 4.36. The minimum Gasteiger partial charge on any atom is -0.272 e. The summed E-state index contributed by atoms with van der Waals surface area (Å²) in [7, 11) is 0. The van der Waals surface area contributed by atoms with Crippen LogP contribution < -0.4 is 0 Å². The van der Waals surface area contributed by atoms with E-state index in [9.17, 15) is 0 Å². The van der Waals surface area contributed by atoms with Gasteiger partial charge in [0.1, 0.15) is 0 Å². The molecule has 0 aliphatic rings. The third-order valence-corrected chi connectivity index (χ3v) is 3.23. The zero-order valence-corrected chi connectivity index (χ0v) is 10.3. The van der Waals surface area contributed by atoms with Crippen molar-refractivity contribution in [2.75, 3.05) is 6.26 Å². The number of thioether (sulfide) groups is 1. The lowest BCUT2D eigenvalue weighted by Gasteiger charge is -2.14. The number of hydrogen-bond acceptors (Lipinski definition) is 2. The van der Waals surface area contributed by atoms with Crippen LogP contribution in [-0.2, 0) is 12.3 Å². The molecule has 3 heteroatoms. The minimum atomic E-state index is 0.692. The van der Waals surface area contributed by atoms with Crippen LogP contribution in [0.5, 0.6) is 0 Å². The Balaban J connectivity index is 2.50. The Morgan fingerprint density at radius 2 is 2.14 bits per heavy atom. The fraction of sp³-hybridized carbons (Fsp3) is 0.727. The van der Waals surface area contributed by atoms with Gasteiger partial charge in [-0.2, -0.15) is 16.9 Å². The van der Waals surface area contributed by atoms with Crippen molar-refractivity contribution in [1.82, 2.24) is 9.78 Å². The Hall–Kier alpha value is -0.440. The fourth-order valence-electron chi connectivity index (χ4n) is 1.25. The van der Waals surface area contributed by atoms with Gasteiger partial charge in [0.25, 0.3) is 0 Å². The first-order valence-electron chi connectivity index (χ1n) is 5.13. The highest BCUT2D eigenvalue weighted by atomic mass is 32.2. The van der Waals surface area contributed by atoms with Gasteiger partial charge in [0, 0.05) is 18.5 Å². The summed E-state index contributed by atoms with van der Waals surface area (Å²) >= 11 is 1.84. The maximum atomic E-state index is 4.36. The molecule has 0 unspecified atom stereocenters. The molecule has 1 heterocycles. The van der Waals surface area contributed by atoms with Gasteiger partial charge >= 0.3 is 0 Å². The molecule has 0 N–H and O–H groups in total. The first-order valence-corrected chi connectivity index (χ1v) is 6.53.